The first kappa shape index (κ1) is 17.9. The summed E-state index contributed by atoms with van der Waals surface area (Å²) in [7, 11) is 3.22. The van der Waals surface area contributed by atoms with E-state index in [9.17, 15) is 9.90 Å². The van der Waals surface area contributed by atoms with Gasteiger partial charge in [-0.2, -0.15) is 0 Å². The van der Waals surface area contributed by atoms with Crippen LogP contribution in [0.5, 0.6) is 17.2 Å². The zero-order chi connectivity index (χ0) is 18.7. The van der Waals surface area contributed by atoms with Crippen molar-refractivity contribution in [3.8, 4) is 17.2 Å². The minimum absolute atomic E-state index is 0.0587. The molecule has 6 nitrogen and oxygen atoms in total. The second-order valence-corrected chi connectivity index (χ2v) is 6.50. The molecule has 0 spiro atoms. The molecule has 0 aromatic heterocycles. The Morgan fingerprint density at radius 3 is 2.54 bits per heavy atom. The highest BCUT2D eigenvalue weighted by Gasteiger charge is 2.31. The minimum Gasteiger partial charge on any atom is -0.506 e. The number of nitrogen functional groups attached to an aromatic ring is 1. The van der Waals surface area contributed by atoms with E-state index in [4.69, 9.17) is 15.2 Å². The number of hydrogen-bond donors (Lipinski definition) is 2. The molecule has 1 fully saturated rings. The molecular formula is C20H24N2O4. The molecule has 0 bridgehead atoms. The van der Waals surface area contributed by atoms with Crippen molar-refractivity contribution >= 4 is 11.6 Å². The molecule has 1 aliphatic rings. The van der Waals surface area contributed by atoms with Crippen LogP contribution in [0.3, 0.4) is 0 Å². The van der Waals surface area contributed by atoms with Crippen LogP contribution in [0.15, 0.2) is 36.4 Å². The normalized spacial score (nSPS) is 16.8. The van der Waals surface area contributed by atoms with Gasteiger partial charge in [-0.15, -0.1) is 0 Å². The second-order valence-electron chi connectivity index (χ2n) is 6.50. The number of rotatable bonds is 6. The third-order valence-corrected chi connectivity index (χ3v) is 4.82. The van der Waals surface area contributed by atoms with Gasteiger partial charge in [0.15, 0.2) is 11.5 Å². The number of likely N-dealkylation sites (tertiary alicyclic amines) is 1. The number of ether oxygens (including phenoxy) is 2. The molecular weight excluding hydrogens is 332 g/mol. The van der Waals surface area contributed by atoms with Gasteiger partial charge in [0.1, 0.15) is 5.75 Å². The summed E-state index contributed by atoms with van der Waals surface area (Å²) in [5.74, 6) is 1.58. The minimum atomic E-state index is 0.0587. The van der Waals surface area contributed by atoms with E-state index in [0.717, 1.165) is 24.0 Å². The third-order valence-electron chi connectivity index (χ3n) is 4.82. The number of nitrogens with zero attached hydrogens (tertiary/aromatic N) is 1. The lowest BCUT2D eigenvalue weighted by Crippen LogP contribution is -2.33. The lowest BCUT2D eigenvalue weighted by molar-refractivity contribution is -0.129. The van der Waals surface area contributed by atoms with E-state index in [-0.39, 0.29) is 17.7 Å². The summed E-state index contributed by atoms with van der Waals surface area (Å²) in [6, 6.07) is 11.0. The zero-order valence-electron chi connectivity index (χ0n) is 15.1. The molecule has 1 heterocycles. The van der Waals surface area contributed by atoms with E-state index >= 15 is 0 Å². The Labute approximate surface area is 153 Å². The van der Waals surface area contributed by atoms with Gasteiger partial charge in [0.05, 0.1) is 19.9 Å². The summed E-state index contributed by atoms with van der Waals surface area (Å²) in [5, 5.41) is 9.57. The van der Waals surface area contributed by atoms with Crippen LogP contribution in [0.1, 0.15) is 24.0 Å². The van der Waals surface area contributed by atoms with E-state index in [1.54, 1.807) is 32.4 Å². The van der Waals surface area contributed by atoms with Crippen LogP contribution in [0.25, 0.3) is 0 Å². The van der Waals surface area contributed by atoms with Crippen molar-refractivity contribution in [1.82, 2.24) is 4.90 Å². The van der Waals surface area contributed by atoms with Crippen LogP contribution in [0.2, 0.25) is 0 Å². The van der Waals surface area contributed by atoms with E-state index in [1.807, 2.05) is 23.1 Å². The number of phenolic OH excluding ortho intramolecular Hbond substituents is 1. The number of amides is 1. The lowest BCUT2D eigenvalue weighted by atomic mass is 10.0. The molecule has 3 N–H and O–H groups in total. The summed E-state index contributed by atoms with van der Waals surface area (Å²) in [5.41, 5.74) is 8.10. The lowest BCUT2D eigenvalue weighted by Gasteiger charge is -2.25. The Kier molecular flexibility index (Phi) is 5.21. The number of benzene rings is 2. The number of aromatic hydroxyl groups is 1. The van der Waals surface area contributed by atoms with Crippen LogP contribution in [0, 0.1) is 0 Å². The maximum atomic E-state index is 12.4. The van der Waals surface area contributed by atoms with Gasteiger partial charge in [-0.3, -0.25) is 4.79 Å². The maximum absolute atomic E-state index is 12.4. The van der Waals surface area contributed by atoms with Crippen LogP contribution < -0.4 is 15.2 Å². The third kappa shape index (κ3) is 3.69. The predicted molar refractivity (Wildman–Crippen MR) is 99.3 cm³/mol. The van der Waals surface area contributed by atoms with Crippen LogP contribution in [-0.4, -0.2) is 36.2 Å². The first-order chi connectivity index (χ1) is 12.5. The Morgan fingerprint density at radius 2 is 1.85 bits per heavy atom. The smallest absolute Gasteiger partial charge is 0.223 e. The topological polar surface area (TPSA) is 85.0 Å². The average molecular weight is 356 g/mol. The van der Waals surface area contributed by atoms with Crippen molar-refractivity contribution in [2.24, 2.45) is 0 Å². The Morgan fingerprint density at radius 1 is 1.12 bits per heavy atom. The largest absolute Gasteiger partial charge is 0.506 e. The molecule has 3 rings (SSSR count). The molecule has 1 aliphatic heterocycles. The molecule has 138 valence electrons. The predicted octanol–water partition coefficient (Wildman–Crippen LogP) is 2.73. The zero-order valence-corrected chi connectivity index (χ0v) is 15.1. The molecule has 0 saturated carbocycles. The summed E-state index contributed by atoms with van der Waals surface area (Å²) in [6.07, 6.45) is 2.12. The number of methoxy groups -OCH3 is 2. The van der Waals surface area contributed by atoms with E-state index < -0.39 is 0 Å². The average Bonchev–Trinajstić information content (AvgIpc) is 2.98. The second kappa shape index (κ2) is 7.56. The summed E-state index contributed by atoms with van der Waals surface area (Å²) >= 11 is 0. The number of nitrogens with two attached hydrogens (primary N) is 1. The van der Waals surface area contributed by atoms with Crippen molar-refractivity contribution in [3.63, 3.8) is 0 Å². The molecule has 1 saturated heterocycles. The van der Waals surface area contributed by atoms with Crippen LogP contribution >= 0.6 is 0 Å². The number of hydrogen-bond acceptors (Lipinski definition) is 5. The highest BCUT2D eigenvalue weighted by atomic mass is 16.5. The van der Waals surface area contributed by atoms with Crippen molar-refractivity contribution in [2.45, 2.75) is 31.8 Å². The Balaban J connectivity index is 1.76. The Hall–Kier alpha value is -2.89. The van der Waals surface area contributed by atoms with Gasteiger partial charge in [0.2, 0.25) is 5.91 Å². The fourth-order valence-corrected chi connectivity index (χ4v) is 3.40. The van der Waals surface area contributed by atoms with E-state index in [0.29, 0.717) is 30.2 Å². The Bertz CT molecular complexity index is 806. The van der Waals surface area contributed by atoms with Gasteiger partial charge in [0.25, 0.3) is 0 Å². The fourth-order valence-electron chi connectivity index (χ4n) is 3.40. The van der Waals surface area contributed by atoms with Crippen LogP contribution in [-0.2, 0) is 17.8 Å². The number of carbonyl (C=O) groups is 1. The van der Waals surface area contributed by atoms with Crippen molar-refractivity contribution < 1.29 is 19.4 Å². The van der Waals surface area contributed by atoms with Gasteiger partial charge in [0, 0.05) is 19.0 Å². The summed E-state index contributed by atoms with van der Waals surface area (Å²) in [6.45, 7) is 0.487. The molecule has 0 radical (unpaired) electrons. The summed E-state index contributed by atoms with van der Waals surface area (Å²) < 4.78 is 10.6. The molecule has 6 heteroatoms. The monoisotopic (exact) mass is 356 g/mol. The SMILES string of the molecule is COc1ccc(CC2CCC(=O)N2Cc2ccc(O)c(N)c2)cc1OC. The highest BCUT2D eigenvalue weighted by Crippen LogP contribution is 2.31. The molecule has 1 atom stereocenters. The molecule has 1 amide bonds. The first-order valence-electron chi connectivity index (χ1n) is 8.59. The van der Waals surface area contributed by atoms with Gasteiger partial charge < -0.3 is 25.2 Å². The highest BCUT2D eigenvalue weighted by molar-refractivity contribution is 5.79. The fraction of sp³-hybridized carbons (Fsp3) is 0.350. The molecule has 1 unspecified atom stereocenters. The van der Waals surface area contributed by atoms with E-state index in [1.165, 1.54) is 0 Å². The molecule has 2 aromatic carbocycles. The number of carbonyl (C=O) groups excluding carboxylic acids is 1. The van der Waals surface area contributed by atoms with Crippen molar-refractivity contribution in [2.75, 3.05) is 20.0 Å². The van der Waals surface area contributed by atoms with Gasteiger partial charge in [-0.1, -0.05) is 12.1 Å². The van der Waals surface area contributed by atoms with Crippen molar-refractivity contribution in [1.29, 1.82) is 0 Å². The number of phenols is 1. The number of anilines is 1. The standard InChI is InChI=1S/C20H24N2O4/c1-25-18-7-4-13(11-19(18)26-2)9-15-5-8-20(24)22(15)12-14-3-6-17(23)16(21)10-14/h3-4,6-7,10-11,15,23H,5,8-9,12,21H2,1-2H3. The van der Waals surface area contributed by atoms with Gasteiger partial charge >= 0.3 is 0 Å². The molecule has 0 aliphatic carbocycles. The maximum Gasteiger partial charge on any atom is 0.223 e. The van der Waals surface area contributed by atoms with Gasteiger partial charge in [-0.25, -0.2) is 0 Å². The summed E-state index contributed by atoms with van der Waals surface area (Å²) in [4.78, 5) is 14.2. The molecule has 26 heavy (non-hydrogen) atoms. The van der Waals surface area contributed by atoms with E-state index in [2.05, 4.69) is 0 Å². The van der Waals surface area contributed by atoms with Crippen LogP contribution in [0.4, 0.5) is 5.69 Å². The molecule has 2 aromatic rings. The quantitative estimate of drug-likeness (QED) is 0.614. The van der Waals surface area contributed by atoms with Crippen molar-refractivity contribution in [3.05, 3.63) is 47.5 Å². The van der Waals surface area contributed by atoms with Gasteiger partial charge in [-0.05, 0) is 48.2 Å². The first-order valence-corrected chi connectivity index (χ1v) is 8.59.